The molecule has 0 atom stereocenters. The lowest BCUT2D eigenvalue weighted by Gasteiger charge is -2.06. The summed E-state index contributed by atoms with van der Waals surface area (Å²) in [7, 11) is 0. The highest BCUT2D eigenvalue weighted by Gasteiger charge is 2.06. The molecule has 0 fully saturated rings. The molecule has 0 spiro atoms. The van der Waals surface area contributed by atoms with Gasteiger partial charge in [-0.1, -0.05) is 12.1 Å². The van der Waals surface area contributed by atoms with Gasteiger partial charge in [0.25, 0.3) is 0 Å². The van der Waals surface area contributed by atoms with Gasteiger partial charge in [0.15, 0.2) is 0 Å². The SMILES string of the molecule is N#Cc1ccc(CNC(=O)CCCc2cccs2)c(F)c1. The summed E-state index contributed by atoms with van der Waals surface area (Å²) in [5.74, 6) is -0.553. The van der Waals surface area contributed by atoms with Gasteiger partial charge in [0.2, 0.25) is 5.91 Å². The molecule has 0 saturated carbocycles. The van der Waals surface area contributed by atoms with Crippen molar-refractivity contribution in [2.24, 2.45) is 0 Å². The van der Waals surface area contributed by atoms with E-state index in [0.717, 1.165) is 12.8 Å². The van der Waals surface area contributed by atoms with Gasteiger partial charge >= 0.3 is 0 Å². The van der Waals surface area contributed by atoms with E-state index in [9.17, 15) is 9.18 Å². The molecule has 1 aromatic carbocycles. The minimum absolute atomic E-state index is 0.0877. The topological polar surface area (TPSA) is 52.9 Å². The maximum atomic E-state index is 13.6. The predicted octanol–water partition coefficient (Wildman–Crippen LogP) is 3.40. The van der Waals surface area contributed by atoms with Crippen LogP contribution in [0, 0.1) is 17.1 Å². The van der Waals surface area contributed by atoms with Crippen LogP contribution in [0.4, 0.5) is 4.39 Å². The van der Waals surface area contributed by atoms with Crippen LogP contribution in [-0.4, -0.2) is 5.91 Å². The van der Waals surface area contributed by atoms with Crippen LogP contribution in [0.3, 0.4) is 0 Å². The number of aryl methyl sites for hydroxylation is 1. The molecule has 0 aliphatic carbocycles. The first-order chi connectivity index (χ1) is 10.2. The number of rotatable bonds is 6. The van der Waals surface area contributed by atoms with Crippen LogP contribution in [0.15, 0.2) is 35.7 Å². The zero-order chi connectivity index (χ0) is 15.1. The number of amides is 1. The van der Waals surface area contributed by atoms with E-state index in [-0.39, 0.29) is 18.0 Å². The number of hydrogen-bond donors (Lipinski definition) is 1. The number of thiophene rings is 1. The Morgan fingerprint density at radius 1 is 1.38 bits per heavy atom. The smallest absolute Gasteiger partial charge is 0.220 e. The standard InChI is InChI=1S/C16H15FN2OS/c17-15-9-12(10-18)6-7-13(15)11-19-16(20)5-1-3-14-4-2-8-21-14/h2,4,6-9H,1,3,5,11H2,(H,19,20). The molecule has 108 valence electrons. The third kappa shape index (κ3) is 4.69. The van der Waals surface area contributed by atoms with Gasteiger partial charge in [-0.05, 0) is 36.4 Å². The van der Waals surface area contributed by atoms with Crippen molar-refractivity contribution in [3.05, 3.63) is 57.5 Å². The summed E-state index contributed by atoms with van der Waals surface area (Å²) in [5.41, 5.74) is 0.666. The number of halogens is 1. The van der Waals surface area contributed by atoms with Crippen molar-refractivity contribution in [2.45, 2.75) is 25.8 Å². The first-order valence-corrected chi connectivity index (χ1v) is 7.54. The first kappa shape index (κ1) is 15.2. The minimum atomic E-state index is -0.465. The number of carbonyl (C=O) groups is 1. The van der Waals surface area contributed by atoms with Crippen molar-refractivity contribution in [1.29, 1.82) is 5.26 Å². The zero-order valence-electron chi connectivity index (χ0n) is 11.4. The molecule has 1 aromatic heterocycles. The molecule has 1 heterocycles. The van der Waals surface area contributed by atoms with Gasteiger partial charge in [-0.15, -0.1) is 11.3 Å². The van der Waals surface area contributed by atoms with Gasteiger partial charge in [0.1, 0.15) is 5.82 Å². The van der Waals surface area contributed by atoms with Crippen LogP contribution in [0.2, 0.25) is 0 Å². The molecule has 2 aromatic rings. The van der Waals surface area contributed by atoms with Crippen molar-refractivity contribution >= 4 is 17.2 Å². The summed E-state index contributed by atoms with van der Waals surface area (Å²) in [5, 5.41) is 13.4. The Morgan fingerprint density at radius 3 is 2.90 bits per heavy atom. The Labute approximate surface area is 127 Å². The number of nitrogens with one attached hydrogen (secondary N) is 1. The summed E-state index contributed by atoms with van der Waals surface area (Å²) in [6.07, 6.45) is 2.09. The fourth-order valence-electron chi connectivity index (χ4n) is 1.92. The van der Waals surface area contributed by atoms with E-state index in [4.69, 9.17) is 5.26 Å². The predicted molar refractivity (Wildman–Crippen MR) is 80.2 cm³/mol. The molecule has 2 rings (SSSR count). The van der Waals surface area contributed by atoms with Gasteiger partial charge in [0.05, 0.1) is 11.6 Å². The number of carbonyl (C=O) groups excluding carboxylic acids is 1. The first-order valence-electron chi connectivity index (χ1n) is 6.66. The van der Waals surface area contributed by atoms with Gasteiger partial charge in [-0.3, -0.25) is 4.79 Å². The van der Waals surface area contributed by atoms with E-state index in [2.05, 4.69) is 11.4 Å². The van der Waals surface area contributed by atoms with Crippen LogP contribution in [-0.2, 0) is 17.8 Å². The highest BCUT2D eigenvalue weighted by molar-refractivity contribution is 7.09. The maximum Gasteiger partial charge on any atom is 0.220 e. The van der Waals surface area contributed by atoms with Crippen LogP contribution >= 0.6 is 11.3 Å². The molecular formula is C16H15FN2OS. The fraction of sp³-hybridized carbons (Fsp3) is 0.250. The monoisotopic (exact) mass is 302 g/mol. The molecule has 5 heteroatoms. The lowest BCUT2D eigenvalue weighted by atomic mass is 10.1. The minimum Gasteiger partial charge on any atom is -0.352 e. The number of nitriles is 1. The molecule has 21 heavy (non-hydrogen) atoms. The van der Waals surface area contributed by atoms with E-state index in [0.29, 0.717) is 12.0 Å². The van der Waals surface area contributed by atoms with Crippen molar-refractivity contribution in [3.63, 3.8) is 0 Å². The molecule has 0 aliphatic rings. The molecule has 1 amide bonds. The van der Waals surface area contributed by atoms with Crippen molar-refractivity contribution < 1.29 is 9.18 Å². The molecule has 1 N–H and O–H groups in total. The molecule has 0 bridgehead atoms. The van der Waals surface area contributed by atoms with Gasteiger partial charge < -0.3 is 5.32 Å². The largest absolute Gasteiger partial charge is 0.352 e. The van der Waals surface area contributed by atoms with E-state index < -0.39 is 5.82 Å². The van der Waals surface area contributed by atoms with E-state index >= 15 is 0 Å². The number of benzene rings is 1. The second-order valence-corrected chi connectivity index (χ2v) is 5.66. The Morgan fingerprint density at radius 2 is 2.24 bits per heavy atom. The van der Waals surface area contributed by atoms with Crippen molar-refractivity contribution in [2.75, 3.05) is 0 Å². The Kier molecular flexibility index (Phi) is 5.47. The number of nitrogens with zero attached hydrogens (tertiary/aromatic N) is 1. The Balaban J connectivity index is 1.75. The lowest BCUT2D eigenvalue weighted by molar-refractivity contribution is -0.121. The molecule has 0 saturated heterocycles. The zero-order valence-corrected chi connectivity index (χ0v) is 12.3. The Hall–Kier alpha value is -2.19. The summed E-state index contributed by atoms with van der Waals surface area (Å²) in [6.45, 7) is 0.148. The van der Waals surface area contributed by atoms with Crippen molar-refractivity contribution in [1.82, 2.24) is 5.32 Å². The quantitative estimate of drug-likeness (QED) is 0.889. The molecule has 0 unspecified atom stereocenters. The second-order valence-electron chi connectivity index (χ2n) is 4.63. The average molecular weight is 302 g/mol. The summed E-state index contributed by atoms with van der Waals surface area (Å²) in [6, 6.07) is 10.2. The second kappa shape index (κ2) is 7.55. The third-order valence-electron chi connectivity index (χ3n) is 3.07. The third-order valence-corrected chi connectivity index (χ3v) is 4.00. The summed E-state index contributed by atoms with van der Waals surface area (Å²) in [4.78, 5) is 13.0. The highest BCUT2D eigenvalue weighted by Crippen LogP contribution is 2.12. The Bertz CT molecular complexity index is 647. The van der Waals surface area contributed by atoms with E-state index in [1.807, 2.05) is 17.5 Å². The highest BCUT2D eigenvalue weighted by atomic mass is 32.1. The molecule has 0 radical (unpaired) electrons. The molecular weight excluding hydrogens is 287 g/mol. The van der Waals surface area contributed by atoms with Crippen LogP contribution < -0.4 is 5.32 Å². The number of hydrogen-bond acceptors (Lipinski definition) is 3. The van der Waals surface area contributed by atoms with Gasteiger partial charge in [-0.2, -0.15) is 5.26 Å². The van der Waals surface area contributed by atoms with Crippen LogP contribution in [0.1, 0.15) is 28.8 Å². The summed E-state index contributed by atoms with van der Waals surface area (Å²) >= 11 is 1.68. The van der Waals surface area contributed by atoms with Crippen LogP contribution in [0.5, 0.6) is 0 Å². The van der Waals surface area contributed by atoms with Gasteiger partial charge in [-0.25, -0.2) is 4.39 Å². The lowest BCUT2D eigenvalue weighted by Crippen LogP contribution is -2.23. The fourth-order valence-corrected chi connectivity index (χ4v) is 2.67. The summed E-state index contributed by atoms with van der Waals surface area (Å²) < 4.78 is 13.6. The molecule has 0 aliphatic heterocycles. The molecule has 3 nitrogen and oxygen atoms in total. The normalized spacial score (nSPS) is 10.1. The van der Waals surface area contributed by atoms with E-state index in [1.165, 1.54) is 17.0 Å². The average Bonchev–Trinajstić information content (AvgIpc) is 2.99. The maximum absolute atomic E-state index is 13.6. The van der Waals surface area contributed by atoms with Crippen LogP contribution in [0.25, 0.3) is 0 Å². The van der Waals surface area contributed by atoms with E-state index in [1.54, 1.807) is 17.4 Å². The van der Waals surface area contributed by atoms with Crippen molar-refractivity contribution in [3.8, 4) is 6.07 Å². The van der Waals surface area contributed by atoms with Gasteiger partial charge in [0, 0.05) is 23.4 Å².